The summed E-state index contributed by atoms with van der Waals surface area (Å²) in [6.07, 6.45) is 5.45. The molecule has 0 aliphatic carbocycles. The normalized spacial score (nSPS) is 12.9. The molecule has 4 aromatic rings. The average Bonchev–Trinajstić information content (AvgIpc) is 3.49. The predicted molar refractivity (Wildman–Crippen MR) is 123 cm³/mol. The highest BCUT2D eigenvalue weighted by Crippen LogP contribution is 2.26. The van der Waals surface area contributed by atoms with Crippen molar-refractivity contribution in [3.05, 3.63) is 94.1 Å². The largest absolute Gasteiger partial charge is 0.334 e. The van der Waals surface area contributed by atoms with E-state index in [0.717, 1.165) is 30.0 Å². The third kappa shape index (κ3) is 3.94. The maximum absolute atomic E-state index is 13.0. The molecule has 0 spiro atoms. The number of benzene rings is 2. The highest BCUT2D eigenvalue weighted by molar-refractivity contribution is 7.12. The molecule has 5 nitrogen and oxygen atoms in total. The molecular formula is C25H21N3O2S. The first-order chi connectivity index (χ1) is 15.2. The highest BCUT2D eigenvalue weighted by atomic mass is 32.1. The maximum atomic E-state index is 13.0. The van der Waals surface area contributed by atoms with Crippen LogP contribution in [0.25, 0.3) is 11.3 Å². The number of ketones is 1. The van der Waals surface area contributed by atoms with Crippen molar-refractivity contribution in [1.29, 1.82) is 0 Å². The predicted octanol–water partition coefficient (Wildman–Crippen LogP) is 5.43. The van der Waals surface area contributed by atoms with Gasteiger partial charge in [0.25, 0.3) is 5.91 Å². The second-order valence-electron chi connectivity index (χ2n) is 7.58. The number of aryl methyl sites for hydroxylation is 2. The topological polar surface area (TPSA) is 64.0 Å². The molecule has 1 aliphatic rings. The van der Waals surface area contributed by atoms with E-state index in [4.69, 9.17) is 4.98 Å². The minimum Gasteiger partial charge on any atom is -0.334 e. The Kier molecular flexibility index (Phi) is 5.22. The fourth-order valence-corrected chi connectivity index (χ4v) is 4.60. The van der Waals surface area contributed by atoms with E-state index in [1.54, 1.807) is 30.3 Å². The molecule has 6 heteroatoms. The number of aromatic nitrogens is 2. The van der Waals surface area contributed by atoms with Crippen LogP contribution >= 0.6 is 11.3 Å². The van der Waals surface area contributed by atoms with Crippen molar-refractivity contribution in [1.82, 2.24) is 9.55 Å². The van der Waals surface area contributed by atoms with Crippen molar-refractivity contribution in [2.24, 2.45) is 0 Å². The van der Waals surface area contributed by atoms with Crippen LogP contribution in [-0.2, 0) is 13.0 Å². The van der Waals surface area contributed by atoms with E-state index in [-0.39, 0.29) is 11.7 Å². The van der Waals surface area contributed by atoms with Crippen molar-refractivity contribution in [2.45, 2.75) is 25.8 Å². The number of hydrogen-bond acceptors (Lipinski definition) is 4. The van der Waals surface area contributed by atoms with E-state index in [0.29, 0.717) is 21.7 Å². The Hall–Kier alpha value is -3.51. The van der Waals surface area contributed by atoms with Gasteiger partial charge in [-0.15, -0.1) is 11.3 Å². The van der Waals surface area contributed by atoms with Gasteiger partial charge in [-0.2, -0.15) is 0 Å². The molecule has 0 radical (unpaired) electrons. The standard InChI is InChI=1S/C25H21N3O2S/c29-24(22-11-6-14-31-22)19-9-1-2-10-20(19)25(30)26-18-8-5-7-17(15-18)21-16-28-13-4-3-12-23(28)27-21/h1-2,5-11,14-16H,3-4,12-13H2,(H,26,30). The molecular weight excluding hydrogens is 406 g/mol. The number of nitrogens with one attached hydrogen (secondary N) is 1. The zero-order chi connectivity index (χ0) is 21.2. The van der Waals surface area contributed by atoms with Crippen LogP contribution < -0.4 is 5.32 Å². The van der Waals surface area contributed by atoms with E-state index in [2.05, 4.69) is 16.1 Å². The van der Waals surface area contributed by atoms with Crippen LogP contribution in [0.5, 0.6) is 0 Å². The molecule has 31 heavy (non-hydrogen) atoms. The maximum Gasteiger partial charge on any atom is 0.256 e. The number of imidazole rings is 1. The number of nitrogens with zero attached hydrogens (tertiary/aromatic N) is 2. The van der Waals surface area contributed by atoms with E-state index in [1.165, 1.54) is 24.2 Å². The molecule has 154 valence electrons. The second kappa shape index (κ2) is 8.32. The molecule has 0 unspecified atom stereocenters. The Balaban J connectivity index is 1.40. The monoisotopic (exact) mass is 427 g/mol. The summed E-state index contributed by atoms with van der Waals surface area (Å²) in [4.78, 5) is 31.3. The van der Waals surface area contributed by atoms with Crippen LogP contribution in [0.3, 0.4) is 0 Å². The van der Waals surface area contributed by atoms with Gasteiger partial charge in [-0.05, 0) is 42.5 Å². The first-order valence-electron chi connectivity index (χ1n) is 10.3. The summed E-state index contributed by atoms with van der Waals surface area (Å²) in [6.45, 7) is 1.01. The third-order valence-electron chi connectivity index (χ3n) is 5.49. The lowest BCUT2D eigenvalue weighted by atomic mass is 10.0. The van der Waals surface area contributed by atoms with Gasteiger partial charge < -0.3 is 9.88 Å². The molecule has 0 bridgehead atoms. The lowest BCUT2D eigenvalue weighted by Gasteiger charge is -2.11. The first-order valence-corrected chi connectivity index (χ1v) is 11.2. The van der Waals surface area contributed by atoms with E-state index < -0.39 is 0 Å². The van der Waals surface area contributed by atoms with Crippen molar-refractivity contribution in [2.75, 3.05) is 5.32 Å². The molecule has 1 aliphatic heterocycles. The summed E-state index contributed by atoms with van der Waals surface area (Å²) in [5, 5.41) is 4.80. The van der Waals surface area contributed by atoms with Crippen molar-refractivity contribution >= 4 is 28.7 Å². The number of carbonyl (C=O) groups excluding carboxylic acids is 2. The molecule has 0 atom stereocenters. The number of thiophene rings is 1. The van der Waals surface area contributed by atoms with E-state index in [1.807, 2.05) is 35.7 Å². The van der Waals surface area contributed by atoms with Crippen LogP contribution in [0.2, 0.25) is 0 Å². The van der Waals surface area contributed by atoms with E-state index in [9.17, 15) is 9.59 Å². The van der Waals surface area contributed by atoms with Gasteiger partial charge in [-0.3, -0.25) is 9.59 Å². The number of amides is 1. The van der Waals surface area contributed by atoms with Gasteiger partial charge in [0.15, 0.2) is 0 Å². The van der Waals surface area contributed by atoms with Gasteiger partial charge in [-0.1, -0.05) is 36.4 Å². The SMILES string of the molecule is O=C(Nc1cccc(-c2cn3c(n2)CCCC3)c1)c1ccccc1C(=O)c1cccs1. The number of anilines is 1. The third-order valence-corrected chi connectivity index (χ3v) is 6.35. The molecule has 1 N–H and O–H groups in total. The molecule has 0 fully saturated rings. The minimum absolute atomic E-state index is 0.141. The number of carbonyl (C=O) groups is 2. The van der Waals surface area contributed by atoms with Crippen LogP contribution in [0.4, 0.5) is 5.69 Å². The van der Waals surface area contributed by atoms with Gasteiger partial charge in [-0.25, -0.2) is 4.98 Å². The van der Waals surface area contributed by atoms with Crippen molar-refractivity contribution < 1.29 is 9.59 Å². The number of hydrogen-bond donors (Lipinski definition) is 1. The fourth-order valence-electron chi connectivity index (χ4n) is 3.93. The van der Waals surface area contributed by atoms with Crippen LogP contribution in [0.15, 0.2) is 72.2 Å². The zero-order valence-corrected chi connectivity index (χ0v) is 17.7. The Morgan fingerprint density at radius 2 is 1.84 bits per heavy atom. The highest BCUT2D eigenvalue weighted by Gasteiger charge is 2.19. The Morgan fingerprint density at radius 3 is 2.65 bits per heavy atom. The van der Waals surface area contributed by atoms with Gasteiger partial charge in [0, 0.05) is 36.0 Å². The summed E-state index contributed by atoms with van der Waals surface area (Å²) < 4.78 is 2.22. The first kappa shape index (κ1) is 19.5. The number of fused-ring (bicyclic) bond motifs is 1. The lowest BCUT2D eigenvalue weighted by molar-refractivity contribution is 0.0998. The average molecular weight is 428 g/mol. The Morgan fingerprint density at radius 1 is 0.968 bits per heavy atom. The molecule has 0 saturated carbocycles. The lowest BCUT2D eigenvalue weighted by Crippen LogP contribution is -2.16. The van der Waals surface area contributed by atoms with Gasteiger partial charge in [0.2, 0.25) is 5.78 Å². The quantitative estimate of drug-likeness (QED) is 0.432. The van der Waals surface area contributed by atoms with Crippen LogP contribution in [0, 0.1) is 0 Å². The smallest absolute Gasteiger partial charge is 0.256 e. The molecule has 1 amide bonds. The van der Waals surface area contributed by atoms with Crippen LogP contribution in [0.1, 0.15) is 44.3 Å². The summed E-state index contributed by atoms with van der Waals surface area (Å²) in [7, 11) is 0. The summed E-state index contributed by atoms with van der Waals surface area (Å²) >= 11 is 1.37. The van der Waals surface area contributed by atoms with Gasteiger partial charge in [0.05, 0.1) is 16.1 Å². The molecule has 5 rings (SSSR count). The van der Waals surface area contributed by atoms with Gasteiger partial charge in [0.1, 0.15) is 5.82 Å². The Bertz CT molecular complexity index is 1230. The fraction of sp³-hybridized carbons (Fsp3) is 0.160. The summed E-state index contributed by atoms with van der Waals surface area (Å²) in [6, 6.07) is 18.2. The molecule has 3 heterocycles. The summed E-state index contributed by atoms with van der Waals surface area (Å²) in [5.74, 6) is 0.677. The minimum atomic E-state index is -0.304. The molecule has 0 saturated heterocycles. The van der Waals surface area contributed by atoms with E-state index >= 15 is 0 Å². The molecule has 2 aromatic carbocycles. The van der Waals surface area contributed by atoms with Crippen molar-refractivity contribution in [3.63, 3.8) is 0 Å². The zero-order valence-electron chi connectivity index (χ0n) is 16.9. The molecule has 2 aromatic heterocycles. The second-order valence-corrected chi connectivity index (χ2v) is 8.53. The van der Waals surface area contributed by atoms with Crippen molar-refractivity contribution in [3.8, 4) is 11.3 Å². The van der Waals surface area contributed by atoms with Crippen LogP contribution in [-0.4, -0.2) is 21.2 Å². The number of rotatable bonds is 5. The Labute approximate surface area is 184 Å². The summed E-state index contributed by atoms with van der Waals surface area (Å²) in [5.41, 5.74) is 3.32. The van der Waals surface area contributed by atoms with Gasteiger partial charge >= 0.3 is 0 Å².